The van der Waals surface area contributed by atoms with E-state index in [0.29, 0.717) is 0 Å². The SMILES string of the molecule is c1ccc(C2=Nc3c(-c4ccccc4)nnn3CC2)cc1. The smallest absolute Gasteiger partial charge is 0.179 e. The van der Waals surface area contributed by atoms with E-state index >= 15 is 0 Å². The van der Waals surface area contributed by atoms with E-state index in [1.807, 2.05) is 53.2 Å². The van der Waals surface area contributed by atoms with Crippen LogP contribution in [0.25, 0.3) is 11.3 Å². The molecule has 1 aromatic heterocycles. The average Bonchev–Trinajstić information content (AvgIpc) is 2.99. The molecule has 4 heteroatoms. The molecule has 3 aromatic rings. The minimum atomic E-state index is 0.822. The number of hydrogen-bond acceptors (Lipinski definition) is 3. The molecule has 0 aliphatic carbocycles. The molecule has 0 amide bonds. The second-order valence-electron chi connectivity index (χ2n) is 5.03. The highest BCUT2D eigenvalue weighted by atomic mass is 15.5. The first-order valence-corrected chi connectivity index (χ1v) is 7.04. The lowest BCUT2D eigenvalue weighted by atomic mass is 10.1. The molecular weight excluding hydrogens is 260 g/mol. The van der Waals surface area contributed by atoms with Crippen molar-refractivity contribution in [1.29, 1.82) is 0 Å². The third kappa shape index (κ3) is 2.14. The maximum atomic E-state index is 4.81. The van der Waals surface area contributed by atoms with Crippen LogP contribution in [0, 0.1) is 0 Å². The Morgan fingerprint density at radius 3 is 2.19 bits per heavy atom. The van der Waals surface area contributed by atoms with Crippen molar-refractivity contribution in [3.05, 3.63) is 66.2 Å². The van der Waals surface area contributed by atoms with Gasteiger partial charge in [-0.2, -0.15) is 0 Å². The summed E-state index contributed by atoms with van der Waals surface area (Å²) in [7, 11) is 0. The summed E-state index contributed by atoms with van der Waals surface area (Å²) in [6, 6.07) is 20.4. The van der Waals surface area contributed by atoms with Gasteiger partial charge in [-0.1, -0.05) is 65.9 Å². The number of aryl methyl sites for hydroxylation is 1. The zero-order valence-electron chi connectivity index (χ0n) is 11.5. The van der Waals surface area contributed by atoms with Gasteiger partial charge >= 0.3 is 0 Å². The second kappa shape index (κ2) is 4.98. The van der Waals surface area contributed by atoms with Crippen LogP contribution >= 0.6 is 0 Å². The van der Waals surface area contributed by atoms with Gasteiger partial charge in [-0.25, -0.2) is 9.67 Å². The van der Waals surface area contributed by atoms with Crippen molar-refractivity contribution in [3.8, 4) is 11.3 Å². The van der Waals surface area contributed by atoms with Crippen molar-refractivity contribution in [1.82, 2.24) is 15.0 Å². The highest BCUT2D eigenvalue weighted by Gasteiger charge is 2.19. The molecule has 0 bridgehead atoms. The summed E-state index contributed by atoms with van der Waals surface area (Å²) in [6.45, 7) is 0.822. The topological polar surface area (TPSA) is 43.1 Å². The Morgan fingerprint density at radius 2 is 1.48 bits per heavy atom. The summed E-state index contributed by atoms with van der Waals surface area (Å²) in [5.74, 6) is 0.853. The minimum absolute atomic E-state index is 0.822. The number of fused-ring (bicyclic) bond motifs is 1. The minimum Gasteiger partial charge on any atom is -0.231 e. The lowest BCUT2D eigenvalue weighted by Gasteiger charge is -2.14. The van der Waals surface area contributed by atoms with Gasteiger partial charge in [0, 0.05) is 12.0 Å². The van der Waals surface area contributed by atoms with Crippen LogP contribution in [0.2, 0.25) is 0 Å². The summed E-state index contributed by atoms with van der Waals surface area (Å²) in [6.07, 6.45) is 0.884. The van der Waals surface area contributed by atoms with Crippen LogP contribution < -0.4 is 0 Å². The standard InChI is InChI=1S/C17H14N4/c1-3-7-13(8-4-1)15-11-12-21-17(18-15)16(19-20-21)14-9-5-2-6-10-14/h1-10H,11-12H2. The van der Waals surface area contributed by atoms with Gasteiger partial charge in [0.1, 0.15) is 5.69 Å². The molecule has 0 radical (unpaired) electrons. The molecule has 0 atom stereocenters. The van der Waals surface area contributed by atoms with E-state index in [0.717, 1.165) is 35.8 Å². The summed E-state index contributed by atoms with van der Waals surface area (Å²) >= 11 is 0. The largest absolute Gasteiger partial charge is 0.231 e. The van der Waals surface area contributed by atoms with Gasteiger partial charge < -0.3 is 0 Å². The molecule has 102 valence electrons. The molecule has 0 fully saturated rings. The highest BCUT2D eigenvalue weighted by molar-refractivity contribution is 6.03. The monoisotopic (exact) mass is 274 g/mol. The molecule has 2 heterocycles. The first kappa shape index (κ1) is 12.0. The van der Waals surface area contributed by atoms with Crippen molar-refractivity contribution in [2.75, 3.05) is 0 Å². The molecule has 0 N–H and O–H groups in total. The first-order valence-electron chi connectivity index (χ1n) is 7.04. The second-order valence-corrected chi connectivity index (χ2v) is 5.03. The van der Waals surface area contributed by atoms with Crippen LogP contribution in [-0.2, 0) is 6.54 Å². The molecule has 0 saturated carbocycles. The molecule has 21 heavy (non-hydrogen) atoms. The van der Waals surface area contributed by atoms with Crippen LogP contribution in [-0.4, -0.2) is 20.7 Å². The van der Waals surface area contributed by atoms with E-state index in [4.69, 9.17) is 4.99 Å². The molecular formula is C17H14N4. The van der Waals surface area contributed by atoms with Crippen LogP contribution in [0.3, 0.4) is 0 Å². The molecule has 1 aliphatic rings. The quantitative estimate of drug-likeness (QED) is 0.718. The lowest BCUT2D eigenvalue weighted by molar-refractivity contribution is 0.599. The number of hydrogen-bond donors (Lipinski definition) is 0. The molecule has 2 aromatic carbocycles. The predicted molar refractivity (Wildman–Crippen MR) is 82.7 cm³/mol. The highest BCUT2D eigenvalue weighted by Crippen LogP contribution is 2.31. The van der Waals surface area contributed by atoms with Crippen LogP contribution in [0.5, 0.6) is 0 Å². The van der Waals surface area contributed by atoms with Crippen molar-refractivity contribution >= 4 is 11.5 Å². The third-order valence-corrected chi connectivity index (χ3v) is 3.66. The Labute approximate surface area is 122 Å². The molecule has 4 rings (SSSR count). The van der Waals surface area contributed by atoms with Gasteiger partial charge in [-0.3, -0.25) is 0 Å². The number of nitrogens with zero attached hydrogens (tertiary/aromatic N) is 4. The summed E-state index contributed by atoms with van der Waals surface area (Å²) in [4.78, 5) is 4.81. The van der Waals surface area contributed by atoms with Crippen LogP contribution in [0.15, 0.2) is 65.7 Å². The Bertz CT molecular complexity index is 788. The normalized spacial score (nSPS) is 13.6. The fraction of sp³-hybridized carbons (Fsp3) is 0.118. The molecule has 0 saturated heterocycles. The summed E-state index contributed by atoms with van der Waals surface area (Å²) in [5.41, 5.74) is 4.17. The van der Waals surface area contributed by atoms with Gasteiger partial charge in [0.2, 0.25) is 0 Å². The molecule has 1 aliphatic heterocycles. The average molecular weight is 274 g/mol. The number of aliphatic imine (C=N–C) groups is 1. The Kier molecular flexibility index (Phi) is 2.85. The third-order valence-electron chi connectivity index (χ3n) is 3.66. The van der Waals surface area contributed by atoms with Gasteiger partial charge in [0.05, 0.1) is 12.3 Å². The van der Waals surface area contributed by atoms with E-state index < -0.39 is 0 Å². The van der Waals surface area contributed by atoms with Gasteiger partial charge in [0.15, 0.2) is 5.82 Å². The van der Waals surface area contributed by atoms with Crippen molar-refractivity contribution in [2.45, 2.75) is 13.0 Å². The van der Waals surface area contributed by atoms with Crippen molar-refractivity contribution < 1.29 is 0 Å². The number of rotatable bonds is 2. The lowest BCUT2D eigenvalue weighted by Crippen LogP contribution is -2.13. The molecule has 0 spiro atoms. The predicted octanol–water partition coefficient (Wildman–Crippen LogP) is 3.47. The fourth-order valence-electron chi connectivity index (χ4n) is 2.59. The number of benzene rings is 2. The summed E-state index contributed by atoms with van der Waals surface area (Å²) in [5, 5.41) is 8.52. The van der Waals surface area contributed by atoms with Crippen LogP contribution in [0.4, 0.5) is 5.82 Å². The van der Waals surface area contributed by atoms with Crippen molar-refractivity contribution in [3.63, 3.8) is 0 Å². The van der Waals surface area contributed by atoms with E-state index in [9.17, 15) is 0 Å². The van der Waals surface area contributed by atoms with E-state index in [2.05, 4.69) is 22.4 Å². The van der Waals surface area contributed by atoms with Crippen molar-refractivity contribution in [2.24, 2.45) is 4.99 Å². The van der Waals surface area contributed by atoms with Gasteiger partial charge in [0.25, 0.3) is 0 Å². The van der Waals surface area contributed by atoms with E-state index in [1.165, 1.54) is 5.56 Å². The number of aromatic nitrogens is 3. The van der Waals surface area contributed by atoms with E-state index in [-0.39, 0.29) is 0 Å². The molecule has 0 unspecified atom stereocenters. The maximum Gasteiger partial charge on any atom is 0.179 e. The Hall–Kier alpha value is -2.75. The molecule has 4 nitrogen and oxygen atoms in total. The Morgan fingerprint density at radius 1 is 0.810 bits per heavy atom. The van der Waals surface area contributed by atoms with Crippen LogP contribution in [0.1, 0.15) is 12.0 Å². The van der Waals surface area contributed by atoms with E-state index in [1.54, 1.807) is 0 Å². The maximum absolute atomic E-state index is 4.81. The van der Waals surface area contributed by atoms with Gasteiger partial charge in [-0.15, -0.1) is 5.10 Å². The fourth-order valence-corrected chi connectivity index (χ4v) is 2.59. The Balaban J connectivity index is 1.82. The zero-order valence-corrected chi connectivity index (χ0v) is 11.5. The zero-order chi connectivity index (χ0) is 14.1. The first-order chi connectivity index (χ1) is 10.4. The van der Waals surface area contributed by atoms with Gasteiger partial charge in [-0.05, 0) is 5.56 Å². The summed E-state index contributed by atoms with van der Waals surface area (Å²) < 4.78 is 1.88.